The fourth-order valence-electron chi connectivity index (χ4n) is 1.49. The third kappa shape index (κ3) is 3.42. The van der Waals surface area contributed by atoms with Crippen molar-refractivity contribution in [1.29, 1.82) is 5.26 Å². The smallest absolute Gasteiger partial charge is 0.322 e. The van der Waals surface area contributed by atoms with Crippen LogP contribution in [0.2, 0.25) is 0 Å². The van der Waals surface area contributed by atoms with E-state index >= 15 is 0 Å². The number of hydrogen-bond acceptors (Lipinski definition) is 7. The first-order valence-electron chi connectivity index (χ1n) is 6.29. The van der Waals surface area contributed by atoms with Gasteiger partial charge in [-0.25, -0.2) is 0 Å². The summed E-state index contributed by atoms with van der Waals surface area (Å²) in [6.07, 6.45) is -0.0160. The van der Waals surface area contributed by atoms with Gasteiger partial charge in [-0.2, -0.15) is 20.2 Å². The van der Waals surface area contributed by atoms with Crippen molar-refractivity contribution in [2.24, 2.45) is 0 Å². The number of anilines is 1. The Morgan fingerprint density at radius 1 is 1.35 bits per heavy atom. The number of thiophene rings is 1. The molecule has 0 radical (unpaired) electrons. The predicted molar refractivity (Wildman–Crippen MR) is 77.8 cm³/mol. The summed E-state index contributed by atoms with van der Waals surface area (Å²) >= 11 is 1.34. The van der Waals surface area contributed by atoms with E-state index < -0.39 is 0 Å². The maximum atomic E-state index is 8.88. The highest BCUT2D eigenvalue weighted by atomic mass is 32.1. The molecular formula is C13H15N5OS. The van der Waals surface area contributed by atoms with Crippen molar-refractivity contribution in [3.63, 3.8) is 0 Å². The summed E-state index contributed by atoms with van der Waals surface area (Å²) in [5.41, 5.74) is 0. The molecule has 0 amide bonds. The molecule has 0 aliphatic heterocycles. The summed E-state index contributed by atoms with van der Waals surface area (Å²) in [7, 11) is 0. The number of ether oxygens (including phenoxy) is 1. The van der Waals surface area contributed by atoms with E-state index in [9.17, 15) is 0 Å². The lowest BCUT2D eigenvalue weighted by atomic mass is 10.4. The van der Waals surface area contributed by atoms with E-state index in [0.29, 0.717) is 23.2 Å². The van der Waals surface area contributed by atoms with E-state index in [0.717, 1.165) is 4.88 Å². The number of nitrogens with one attached hydrogen (secondary N) is 1. The molecule has 0 unspecified atom stereocenters. The number of aromatic nitrogens is 3. The van der Waals surface area contributed by atoms with Crippen LogP contribution in [0.15, 0.2) is 12.1 Å². The summed E-state index contributed by atoms with van der Waals surface area (Å²) in [4.78, 5) is 14.3. The van der Waals surface area contributed by atoms with Gasteiger partial charge in [-0.1, -0.05) is 0 Å². The largest absolute Gasteiger partial charge is 0.461 e. The van der Waals surface area contributed by atoms with Crippen molar-refractivity contribution in [2.75, 3.05) is 11.9 Å². The third-order valence-electron chi connectivity index (χ3n) is 2.23. The molecule has 6 nitrogen and oxygen atoms in total. The Hall–Kier alpha value is -2.20. The second kappa shape index (κ2) is 6.30. The zero-order valence-electron chi connectivity index (χ0n) is 11.5. The number of nitrogens with zero attached hydrogens (tertiary/aromatic N) is 4. The minimum Gasteiger partial charge on any atom is -0.461 e. The van der Waals surface area contributed by atoms with Crippen LogP contribution >= 0.6 is 11.3 Å². The van der Waals surface area contributed by atoms with Crippen LogP contribution in [0.25, 0.3) is 10.7 Å². The van der Waals surface area contributed by atoms with E-state index in [1.165, 1.54) is 11.3 Å². The lowest BCUT2D eigenvalue weighted by Crippen LogP contribution is -2.11. The summed E-state index contributed by atoms with van der Waals surface area (Å²) in [6, 6.07) is 5.97. The van der Waals surface area contributed by atoms with Gasteiger partial charge in [0.15, 0.2) is 5.82 Å². The minimum atomic E-state index is -0.0160. The quantitative estimate of drug-likeness (QED) is 0.911. The molecule has 2 aromatic rings. The van der Waals surface area contributed by atoms with Crippen LogP contribution in [-0.2, 0) is 0 Å². The molecule has 0 bridgehead atoms. The summed E-state index contributed by atoms with van der Waals surface area (Å²) in [6.45, 7) is 6.49. The van der Waals surface area contributed by atoms with Gasteiger partial charge in [0, 0.05) is 6.54 Å². The maximum absolute atomic E-state index is 8.88. The van der Waals surface area contributed by atoms with E-state index in [2.05, 4.69) is 26.3 Å². The Kier molecular flexibility index (Phi) is 4.48. The van der Waals surface area contributed by atoms with Gasteiger partial charge < -0.3 is 10.1 Å². The molecule has 2 heterocycles. The molecule has 0 atom stereocenters. The molecule has 0 aliphatic carbocycles. The molecule has 2 aromatic heterocycles. The lowest BCUT2D eigenvalue weighted by molar-refractivity contribution is 0.222. The second-order valence-corrected chi connectivity index (χ2v) is 5.32. The normalized spacial score (nSPS) is 10.3. The first-order valence-corrected chi connectivity index (χ1v) is 7.11. The Morgan fingerprint density at radius 3 is 2.75 bits per heavy atom. The van der Waals surface area contributed by atoms with Gasteiger partial charge in [-0.15, -0.1) is 11.3 Å². The summed E-state index contributed by atoms with van der Waals surface area (Å²) in [5, 5.41) is 11.9. The van der Waals surface area contributed by atoms with Gasteiger partial charge in [0.1, 0.15) is 10.9 Å². The molecular weight excluding hydrogens is 274 g/mol. The van der Waals surface area contributed by atoms with E-state index in [1.807, 2.05) is 26.8 Å². The van der Waals surface area contributed by atoms with Crippen molar-refractivity contribution in [1.82, 2.24) is 15.0 Å². The molecule has 0 aliphatic rings. The fourth-order valence-corrected chi connectivity index (χ4v) is 2.22. The first-order chi connectivity index (χ1) is 9.62. The Balaban J connectivity index is 2.40. The molecule has 1 N–H and O–H groups in total. The fraction of sp³-hybridized carbons (Fsp3) is 0.385. The molecule has 2 rings (SSSR count). The van der Waals surface area contributed by atoms with Crippen molar-refractivity contribution in [2.45, 2.75) is 26.9 Å². The summed E-state index contributed by atoms with van der Waals surface area (Å²) in [5.74, 6) is 0.984. The van der Waals surface area contributed by atoms with Gasteiger partial charge >= 0.3 is 6.01 Å². The molecule has 0 saturated heterocycles. The van der Waals surface area contributed by atoms with Crippen LogP contribution in [0.4, 0.5) is 5.95 Å². The number of rotatable bonds is 5. The minimum absolute atomic E-state index is 0.0160. The van der Waals surface area contributed by atoms with E-state index in [4.69, 9.17) is 10.00 Å². The lowest BCUT2D eigenvalue weighted by Gasteiger charge is -2.10. The highest BCUT2D eigenvalue weighted by Gasteiger charge is 2.12. The second-order valence-electron chi connectivity index (χ2n) is 4.24. The van der Waals surface area contributed by atoms with Crippen LogP contribution in [-0.4, -0.2) is 27.6 Å². The zero-order chi connectivity index (χ0) is 14.5. The summed E-state index contributed by atoms with van der Waals surface area (Å²) < 4.78 is 5.53. The first kappa shape index (κ1) is 14.2. The third-order valence-corrected chi connectivity index (χ3v) is 3.21. The van der Waals surface area contributed by atoms with Crippen molar-refractivity contribution < 1.29 is 4.74 Å². The predicted octanol–water partition coefficient (Wildman–Crippen LogP) is 2.69. The number of nitriles is 1. The Morgan fingerprint density at radius 2 is 2.15 bits per heavy atom. The van der Waals surface area contributed by atoms with E-state index in [-0.39, 0.29) is 12.1 Å². The van der Waals surface area contributed by atoms with Gasteiger partial charge in [0.05, 0.1) is 11.0 Å². The van der Waals surface area contributed by atoms with Gasteiger partial charge in [0.25, 0.3) is 0 Å². The van der Waals surface area contributed by atoms with Crippen LogP contribution < -0.4 is 10.1 Å². The number of hydrogen-bond donors (Lipinski definition) is 1. The Bertz CT molecular complexity index is 632. The monoisotopic (exact) mass is 289 g/mol. The maximum Gasteiger partial charge on any atom is 0.322 e. The van der Waals surface area contributed by atoms with Crippen molar-refractivity contribution in [3.05, 3.63) is 17.0 Å². The molecule has 20 heavy (non-hydrogen) atoms. The van der Waals surface area contributed by atoms with Crippen molar-refractivity contribution in [3.8, 4) is 22.8 Å². The standard InChI is InChI=1S/C13H15N5OS/c1-4-15-12-16-11(10-6-5-9(7-14)20-10)17-13(18-12)19-8(2)3/h5-6,8H,4H2,1-3H3,(H,15,16,17,18). The highest BCUT2D eigenvalue weighted by Crippen LogP contribution is 2.26. The zero-order valence-corrected chi connectivity index (χ0v) is 12.4. The van der Waals surface area contributed by atoms with Crippen LogP contribution in [0.1, 0.15) is 25.6 Å². The molecule has 0 spiro atoms. The molecule has 0 aromatic carbocycles. The average molecular weight is 289 g/mol. The SMILES string of the molecule is CCNc1nc(OC(C)C)nc(-c2ccc(C#N)s2)n1. The van der Waals surface area contributed by atoms with Gasteiger partial charge in [-0.3, -0.25) is 0 Å². The molecule has 0 saturated carbocycles. The molecule has 0 fully saturated rings. The van der Waals surface area contributed by atoms with Crippen molar-refractivity contribution >= 4 is 17.3 Å². The molecule has 104 valence electrons. The van der Waals surface area contributed by atoms with E-state index in [1.54, 1.807) is 6.07 Å². The molecule has 7 heteroatoms. The Labute approximate surface area is 121 Å². The highest BCUT2D eigenvalue weighted by molar-refractivity contribution is 7.15. The van der Waals surface area contributed by atoms with Crippen LogP contribution in [0, 0.1) is 11.3 Å². The van der Waals surface area contributed by atoms with Gasteiger partial charge in [-0.05, 0) is 32.9 Å². The van der Waals surface area contributed by atoms with Gasteiger partial charge in [0.2, 0.25) is 5.95 Å². The van der Waals surface area contributed by atoms with Crippen LogP contribution in [0.3, 0.4) is 0 Å². The topological polar surface area (TPSA) is 83.7 Å². The average Bonchev–Trinajstić information content (AvgIpc) is 2.86. The van der Waals surface area contributed by atoms with Crippen LogP contribution in [0.5, 0.6) is 6.01 Å².